The summed E-state index contributed by atoms with van der Waals surface area (Å²) < 4.78 is 5.11. The summed E-state index contributed by atoms with van der Waals surface area (Å²) in [5.41, 5.74) is -0.159. The third-order valence-corrected chi connectivity index (χ3v) is 3.97. The summed E-state index contributed by atoms with van der Waals surface area (Å²) in [4.78, 5) is 12.0. The van der Waals surface area contributed by atoms with Gasteiger partial charge in [0.2, 0.25) is 5.91 Å². The van der Waals surface area contributed by atoms with Crippen molar-refractivity contribution in [2.24, 2.45) is 5.92 Å². The fourth-order valence-electron chi connectivity index (χ4n) is 2.16. The molecule has 21 heavy (non-hydrogen) atoms. The van der Waals surface area contributed by atoms with Crippen LogP contribution in [0.3, 0.4) is 0 Å². The van der Waals surface area contributed by atoms with Crippen molar-refractivity contribution in [1.82, 2.24) is 5.32 Å². The Balaban J connectivity index is 1.94. The quantitative estimate of drug-likeness (QED) is 0.847. The van der Waals surface area contributed by atoms with Crippen molar-refractivity contribution in [1.29, 1.82) is 5.26 Å². The zero-order valence-electron chi connectivity index (χ0n) is 12.1. The Labute approximate surface area is 129 Å². The molecule has 112 valence electrons. The minimum absolute atomic E-state index is 0.0525. The molecular weight excluding hydrogens is 290 g/mol. The maximum atomic E-state index is 12.0. The van der Waals surface area contributed by atoms with E-state index in [9.17, 15) is 10.1 Å². The zero-order valence-corrected chi connectivity index (χ0v) is 12.8. The first-order chi connectivity index (χ1) is 9.98. The normalized spacial score (nSPS) is 16.5. The van der Waals surface area contributed by atoms with E-state index >= 15 is 0 Å². The number of anilines is 1. The van der Waals surface area contributed by atoms with Gasteiger partial charge in [-0.2, -0.15) is 5.26 Å². The third-order valence-electron chi connectivity index (χ3n) is 3.64. The van der Waals surface area contributed by atoms with Crippen LogP contribution in [0.4, 0.5) is 5.69 Å². The van der Waals surface area contributed by atoms with Crippen LogP contribution in [0.2, 0.25) is 5.02 Å². The average molecular weight is 308 g/mol. The Bertz CT molecular complexity index is 581. The summed E-state index contributed by atoms with van der Waals surface area (Å²) in [5, 5.41) is 15.5. The molecule has 2 rings (SSSR count). The Morgan fingerprint density at radius 2 is 2.29 bits per heavy atom. The lowest BCUT2D eigenvalue weighted by Crippen LogP contribution is -2.48. The Morgan fingerprint density at radius 3 is 2.86 bits per heavy atom. The molecule has 0 aromatic heterocycles. The Hall–Kier alpha value is -1.93. The number of benzene rings is 1. The number of nitriles is 1. The molecule has 1 aliphatic carbocycles. The van der Waals surface area contributed by atoms with E-state index in [0.29, 0.717) is 16.5 Å². The molecule has 1 saturated carbocycles. The van der Waals surface area contributed by atoms with Crippen LogP contribution in [0.1, 0.15) is 19.8 Å². The predicted molar refractivity (Wildman–Crippen MR) is 81.4 cm³/mol. The number of rotatable bonds is 6. The van der Waals surface area contributed by atoms with Gasteiger partial charge >= 0.3 is 0 Å². The monoisotopic (exact) mass is 307 g/mol. The molecule has 1 fully saturated rings. The lowest BCUT2D eigenvalue weighted by atomic mass is 9.98. The van der Waals surface area contributed by atoms with Crippen molar-refractivity contribution < 1.29 is 9.53 Å². The molecule has 5 nitrogen and oxygen atoms in total. The first-order valence-electron chi connectivity index (χ1n) is 6.78. The van der Waals surface area contributed by atoms with Crippen molar-refractivity contribution in [2.75, 3.05) is 19.0 Å². The summed E-state index contributed by atoms with van der Waals surface area (Å²) in [6, 6.07) is 7.36. The van der Waals surface area contributed by atoms with E-state index < -0.39 is 5.54 Å². The van der Waals surface area contributed by atoms with Crippen molar-refractivity contribution in [3.05, 3.63) is 23.2 Å². The zero-order chi connectivity index (χ0) is 15.5. The van der Waals surface area contributed by atoms with Gasteiger partial charge in [0, 0.05) is 6.07 Å². The molecule has 1 aliphatic rings. The highest BCUT2D eigenvalue weighted by Crippen LogP contribution is 2.39. The van der Waals surface area contributed by atoms with Crippen molar-refractivity contribution in [2.45, 2.75) is 25.3 Å². The molecule has 1 aromatic rings. The molecule has 2 N–H and O–H groups in total. The van der Waals surface area contributed by atoms with Gasteiger partial charge in [0.25, 0.3) is 0 Å². The van der Waals surface area contributed by atoms with Crippen LogP contribution < -0.4 is 15.4 Å². The number of carbonyl (C=O) groups is 1. The molecule has 1 amide bonds. The van der Waals surface area contributed by atoms with Crippen LogP contribution in [0.15, 0.2) is 18.2 Å². The maximum Gasteiger partial charge on any atom is 0.240 e. The topological polar surface area (TPSA) is 74.2 Å². The van der Waals surface area contributed by atoms with Gasteiger partial charge in [-0.3, -0.25) is 4.79 Å². The second kappa shape index (κ2) is 6.23. The third kappa shape index (κ3) is 3.79. The second-order valence-corrected chi connectivity index (χ2v) is 5.74. The molecule has 6 heteroatoms. The SMILES string of the molecule is COc1ccc(Cl)c(NCC(=O)N[C@@](C)(C#N)C2CC2)c1. The molecule has 0 heterocycles. The lowest BCUT2D eigenvalue weighted by Gasteiger charge is -2.23. The number of halogens is 1. The number of hydrogen-bond acceptors (Lipinski definition) is 4. The Morgan fingerprint density at radius 1 is 1.57 bits per heavy atom. The van der Waals surface area contributed by atoms with E-state index in [4.69, 9.17) is 16.3 Å². The molecule has 0 aliphatic heterocycles. The van der Waals surface area contributed by atoms with Crippen LogP contribution >= 0.6 is 11.6 Å². The van der Waals surface area contributed by atoms with Gasteiger partial charge in [0.1, 0.15) is 11.3 Å². The van der Waals surface area contributed by atoms with Gasteiger partial charge in [0.05, 0.1) is 30.4 Å². The summed E-state index contributed by atoms with van der Waals surface area (Å²) in [5.74, 6) is 0.679. The second-order valence-electron chi connectivity index (χ2n) is 5.34. The van der Waals surface area contributed by atoms with Crippen molar-refractivity contribution in [3.63, 3.8) is 0 Å². The van der Waals surface area contributed by atoms with E-state index in [-0.39, 0.29) is 18.4 Å². The first-order valence-corrected chi connectivity index (χ1v) is 7.16. The molecular formula is C15H18ClN3O2. The summed E-state index contributed by atoms with van der Waals surface area (Å²) in [6.07, 6.45) is 1.97. The van der Waals surface area contributed by atoms with E-state index in [2.05, 4.69) is 16.7 Å². The van der Waals surface area contributed by atoms with Crippen molar-refractivity contribution >= 4 is 23.2 Å². The highest BCUT2D eigenvalue weighted by atomic mass is 35.5. The summed E-state index contributed by atoms with van der Waals surface area (Å²) in [6.45, 7) is 1.82. The fraction of sp³-hybridized carbons (Fsp3) is 0.467. The lowest BCUT2D eigenvalue weighted by molar-refractivity contribution is -0.120. The van der Waals surface area contributed by atoms with E-state index in [0.717, 1.165) is 12.8 Å². The molecule has 0 bridgehead atoms. The Kier molecular flexibility index (Phi) is 4.59. The number of methoxy groups -OCH3 is 1. The van der Waals surface area contributed by atoms with Crippen molar-refractivity contribution in [3.8, 4) is 11.8 Å². The van der Waals surface area contributed by atoms with E-state index in [1.807, 2.05) is 0 Å². The van der Waals surface area contributed by atoms with Gasteiger partial charge in [-0.25, -0.2) is 0 Å². The summed E-state index contributed by atoms with van der Waals surface area (Å²) in [7, 11) is 1.56. The van der Waals surface area contributed by atoms with Crippen LogP contribution in [0.5, 0.6) is 5.75 Å². The number of carbonyl (C=O) groups excluding carboxylic acids is 1. The van der Waals surface area contributed by atoms with Crippen LogP contribution in [-0.2, 0) is 4.79 Å². The number of nitrogens with one attached hydrogen (secondary N) is 2. The first kappa shape index (κ1) is 15.5. The van der Waals surface area contributed by atoms with Crippen LogP contribution in [0.25, 0.3) is 0 Å². The van der Waals surface area contributed by atoms with Gasteiger partial charge in [-0.15, -0.1) is 0 Å². The molecule has 0 unspecified atom stereocenters. The molecule has 1 aromatic carbocycles. The molecule has 1 atom stereocenters. The van der Waals surface area contributed by atoms with Gasteiger partial charge in [0.15, 0.2) is 0 Å². The number of amides is 1. The molecule has 0 spiro atoms. The van der Waals surface area contributed by atoms with Crippen LogP contribution in [0, 0.1) is 17.2 Å². The van der Waals surface area contributed by atoms with E-state index in [1.54, 1.807) is 32.2 Å². The van der Waals surface area contributed by atoms with Gasteiger partial charge in [-0.1, -0.05) is 11.6 Å². The number of ether oxygens (including phenoxy) is 1. The molecule has 0 saturated heterocycles. The average Bonchev–Trinajstić information content (AvgIpc) is 3.31. The van der Waals surface area contributed by atoms with Gasteiger partial charge in [-0.05, 0) is 37.8 Å². The van der Waals surface area contributed by atoms with E-state index in [1.165, 1.54) is 0 Å². The highest BCUT2D eigenvalue weighted by Gasteiger charge is 2.42. The largest absolute Gasteiger partial charge is 0.497 e. The van der Waals surface area contributed by atoms with Crippen LogP contribution in [-0.4, -0.2) is 25.1 Å². The fourth-order valence-corrected chi connectivity index (χ4v) is 2.34. The minimum atomic E-state index is -0.781. The number of hydrogen-bond donors (Lipinski definition) is 2. The highest BCUT2D eigenvalue weighted by molar-refractivity contribution is 6.33. The smallest absolute Gasteiger partial charge is 0.240 e. The molecule has 0 radical (unpaired) electrons. The predicted octanol–water partition coefficient (Wildman–Crippen LogP) is 2.57. The maximum absolute atomic E-state index is 12.0. The number of nitrogens with zero attached hydrogens (tertiary/aromatic N) is 1. The summed E-state index contributed by atoms with van der Waals surface area (Å²) >= 11 is 6.06. The minimum Gasteiger partial charge on any atom is -0.497 e. The standard InChI is InChI=1S/C15H18ClN3O2/c1-15(9-17,10-3-4-10)19-14(20)8-18-13-7-11(21-2)5-6-12(13)16/h5-7,10,18H,3-4,8H2,1-2H3,(H,19,20)/t15-/m0/s1. The van der Waals surface area contributed by atoms with Gasteiger partial charge < -0.3 is 15.4 Å².